The minimum Gasteiger partial charge on any atom is -0.383 e. The zero-order valence-corrected chi connectivity index (χ0v) is 11.5. The molecule has 0 aliphatic carbocycles. The Kier molecular flexibility index (Phi) is 4.81. The van der Waals surface area contributed by atoms with Crippen LogP contribution in [-0.2, 0) is 11.3 Å². The lowest BCUT2D eigenvalue weighted by Gasteiger charge is -2.06. The van der Waals surface area contributed by atoms with Gasteiger partial charge in [0.1, 0.15) is 0 Å². The summed E-state index contributed by atoms with van der Waals surface area (Å²) in [5.74, 6) is 0.813. The first-order valence-electron chi connectivity index (χ1n) is 5.87. The Morgan fingerprint density at radius 3 is 3.00 bits per heavy atom. The highest BCUT2D eigenvalue weighted by Gasteiger charge is 2.05. The molecule has 0 fully saturated rings. The second kappa shape index (κ2) is 6.58. The van der Waals surface area contributed by atoms with Crippen molar-refractivity contribution in [1.82, 2.24) is 15.3 Å². The van der Waals surface area contributed by atoms with E-state index in [-0.39, 0.29) is 0 Å². The standard InChI is InChI=1S/C13H17N3OS/c1-10-8-11(9-14-5-6-17-2)16-13(15-10)12-4-3-7-18-12/h3-4,7-8,14H,5-6,9H2,1-2H3. The first kappa shape index (κ1) is 13.1. The summed E-state index contributed by atoms with van der Waals surface area (Å²) in [6.07, 6.45) is 0. The van der Waals surface area contributed by atoms with E-state index in [0.717, 1.165) is 35.2 Å². The predicted molar refractivity (Wildman–Crippen MR) is 73.7 cm³/mol. The molecule has 5 heteroatoms. The van der Waals surface area contributed by atoms with Gasteiger partial charge in [-0.15, -0.1) is 11.3 Å². The van der Waals surface area contributed by atoms with Crippen molar-refractivity contribution in [3.05, 3.63) is 35.0 Å². The second-order valence-corrected chi connectivity index (χ2v) is 4.92. The zero-order chi connectivity index (χ0) is 12.8. The van der Waals surface area contributed by atoms with Gasteiger partial charge < -0.3 is 10.1 Å². The quantitative estimate of drug-likeness (QED) is 0.812. The number of hydrogen-bond acceptors (Lipinski definition) is 5. The summed E-state index contributed by atoms with van der Waals surface area (Å²) < 4.78 is 4.99. The van der Waals surface area contributed by atoms with E-state index in [9.17, 15) is 0 Å². The fourth-order valence-corrected chi connectivity index (χ4v) is 2.29. The minimum absolute atomic E-state index is 0.710. The molecule has 0 saturated heterocycles. The van der Waals surface area contributed by atoms with Crippen LogP contribution in [0.5, 0.6) is 0 Å². The topological polar surface area (TPSA) is 47.0 Å². The summed E-state index contributed by atoms with van der Waals surface area (Å²) >= 11 is 1.66. The maximum absolute atomic E-state index is 4.99. The van der Waals surface area contributed by atoms with E-state index >= 15 is 0 Å². The van der Waals surface area contributed by atoms with Crippen LogP contribution in [0.15, 0.2) is 23.6 Å². The third-order valence-electron chi connectivity index (χ3n) is 2.44. The van der Waals surface area contributed by atoms with Crippen LogP contribution in [0.25, 0.3) is 10.7 Å². The molecule has 0 aromatic carbocycles. The van der Waals surface area contributed by atoms with Crippen molar-refractivity contribution in [2.45, 2.75) is 13.5 Å². The molecule has 0 unspecified atom stereocenters. The van der Waals surface area contributed by atoms with Crippen molar-refractivity contribution in [1.29, 1.82) is 0 Å². The zero-order valence-electron chi connectivity index (χ0n) is 10.6. The molecule has 96 valence electrons. The van der Waals surface area contributed by atoms with Gasteiger partial charge in [-0.25, -0.2) is 9.97 Å². The summed E-state index contributed by atoms with van der Waals surface area (Å²) in [6, 6.07) is 6.07. The van der Waals surface area contributed by atoms with Gasteiger partial charge in [0, 0.05) is 25.9 Å². The summed E-state index contributed by atoms with van der Waals surface area (Å²) in [5.41, 5.74) is 2.01. The molecule has 0 saturated carbocycles. The smallest absolute Gasteiger partial charge is 0.169 e. The van der Waals surface area contributed by atoms with Crippen LogP contribution >= 0.6 is 11.3 Å². The largest absolute Gasteiger partial charge is 0.383 e. The van der Waals surface area contributed by atoms with Crippen LogP contribution in [0.3, 0.4) is 0 Å². The Bertz CT molecular complexity index is 485. The number of thiophene rings is 1. The Hall–Kier alpha value is -1.30. The average molecular weight is 263 g/mol. The number of methoxy groups -OCH3 is 1. The van der Waals surface area contributed by atoms with Crippen LogP contribution in [0.4, 0.5) is 0 Å². The van der Waals surface area contributed by atoms with Gasteiger partial charge in [-0.2, -0.15) is 0 Å². The van der Waals surface area contributed by atoms with Gasteiger partial charge in [0.25, 0.3) is 0 Å². The molecule has 0 spiro atoms. The van der Waals surface area contributed by atoms with E-state index < -0.39 is 0 Å². The molecule has 0 amide bonds. The van der Waals surface area contributed by atoms with E-state index in [1.807, 2.05) is 30.5 Å². The van der Waals surface area contributed by atoms with Crippen molar-refractivity contribution in [3.63, 3.8) is 0 Å². The van der Waals surface area contributed by atoms with Gasteiger partial charge >= 0.3 is 0 Å². The molecule has 0 radical (unpaired) electrons. The monoisotopic (exact) mass is 263 g/mol. The van der Waals surface area contributed by atoms with Crippen LogP contribution in [-0.4, -0.2) is 30.2 Å². The van der Waals surface area contributed by atoms with Gasteiger partial charge in [0.15, 0.2) is 5.82 Å². The van der Waals surface area contributed by atoms with Crippen molar-refractivity contribution in [3.8, 4) is 10.7 Å². The van der Waals surface area contributed by atoms with Gasteiger partial charge in [-0.3, -0.25) is 0 Å². The average Bonchev–Trinajstić information content (AvgIpc) is 2.88. The minimum atomic E-state index is 0.710. The van der Waals surface area contributed by atoms with Crippen molar-refractivity contribution in [2.75, 3.05) is 20.3 Å². The number of hydrogen-bond donors (Lipinski definition) is 1. The number of rotatable bonds is 6. The van der Waals surface area contributed by atoms with E-state index in [4.69, 9.17) is 4.74 Å². The van der Waals surface area contributed by atoms with Crippen LogP contribution in [0.2, 0.25) is 0 Å². The molecule has 1 N–H and O–H groups in total. The number of nitrogens with one attached hydrogen (secondary N) is 1. The van der Waals surface area contributed by atoms with Crippen molar-refractivity contribution >= 4 is 11.3 Å². The number of aryl methyl sites for hydroxylation is 1. The third-order valence-corrected chi connectivity index (χ3v) is 3.30. The van der Waals surface area contributed by atoms with E-state index in [1.54, 1.807) is 18.4 Å². The number of ether oxygens (including phenoxy) is 1. The van der Waals surface area contributed by atoms with Gasteiger partial charge in [-0.05, 0) is 24.4 Å². The van der Waals surface area contributed by atoms with Gasteiger partial charge in [0.05, 0.1) is 17.2 Å². The van der Waals surface area contributed by atoms with Crippen LogP contribution in [0, 0.1) is 6.92 Å². The predicted octanol–water partition coefficient (Wildman–Crippen LogP) is 2.25. The summed E-state index contributed by atoms with van der Waals surface area (Å²) in [5, 5.41) is 5.33. The van der Waals surface area contributed by atoms with Crippen molar-refractivity contribution in [2.24, 2.45) is 0 Å². The first-order valence-corrected chi connectivity index (χ1v) is 6.75. The van der Waals surface area contributed by atoms with Gasteiger partial charge in [0.2, 0.25) is 0 Å². The lowest BCUT2D eigenvalue weighted by atomic mass is 10.3. The lowest BCUT2D eigenvalue weighted by molar-refractivity contribution is 0.199. The van der Waals surface area contributed by atoms with Gasteiger partial charge in [-0.1, -0.05) is 6.07 Å². The number of aromatic nitrogens is 2. The maximum Gasteiger partial charge on any atom is 0.169 e. The second-order valence-electron chi connectivity index (χ2n) is 3.97. The molecule has 2 aromatic rings. The molecule has 18 heavy (non-hydrogen) atoms. The molecule has 2 heterocycles. The van der Waals surface area contributed by atoms with Crippen molar-refractivity contribution < 1.29 is 4.74 Å². The fraction of sp³-hybridized carbons (Fsp3) is 0.385. The number of nitrogens with zero attached hydrogens (tertiary/aromatic N) is 2. The van der Waals surface area contributed by atoms with Crippen LogP contribution in [0.1, 0.15) is 11.4 Å². The molecule has 0 atom stereocenters. The van der Waals surface area contributed by atoms with E-state index in [0.29, 0.717) is 6.61 Å². The molecular weight excluding hydrogens is 246 g/mol. The normalized spacial score (nSPS) is 10.8. The highest BCUT2D eigenvalue weighted by Crippen LogP contribution is 2.21. The molecule has 2 rings (SSSR count). The van der Waals surface area contributed by atoms with E-state index in [1.165, 1.54) is 0 Å². The summed E-state index contributed by atoms with van der Waals surface area (Å²) in [6.45, 7) is 4.28. The third kappa shape index (κ3) is 3.60. The first-order chi connectivity index (χ1) is 8.79. The Balaban J connectivity index is 2.07. The lowest BCUT2D eigenvalue weighted by Crippen LogP contribution is -2.19. The molecule has 4 nitrogen and oxygen atoms in total. The Morgan fingerprint density at radius 1 is 1.39 bits per heavy atom. The Labute approximate surface area is 111 Å². The molecule has 0 aliphatic heterocycles. The van der Waals surface area contributed by atoms with E-state index in [2.05, 4.69) is 15.3 Å². The SMILES string of the molecule is COCCNCc1cc(C)nc(-c2cccs2)n1. The molecular formula is C13H17N3OS. The Morgan fingerprint density at radius 2 is 2.28 bits per heavy atom. The molecule has 0 bridgehead atoms. The highest BCUT2D eigenvalue weighted by molar-refractivity contribution is 7.13. The molecule has 2 aromatic heterocycles. The highest BCUT2D eigenvalue weighted by atomic mass is 32.1. The van der Waals surface area contributed by atoms with Crippen LogP contribution < -0.4 is 5.32 Å². The maximum atomic E-state index is 4.99. The molecule has 0 aliphatic rings. The fourth-order valence-electron chi connectivity index (χ4n) is 1.63. The summed E-state index contributed by atoms with van der Waals surface area (Å²) in [4.78, 5) is 10.1. The summed E-state index contributed by atoms with van der Waals surface area (Å²) in [7, 11) is 1.70.